The Morgan fingerprint density at radius 1 is 1.33 bits per heavy atom. The standard InChI is InChI=1S/C17H23N5O2/c1-20(15-2-4-16(23)5-3-15)13-14(12-19)17(24)22-10-8-21(7-6-18)9-11-22/h2-5,13,23H,6-11,18H2,1H3/b14-13-. The average molecular weight is 329 g/mol. The molecule has 1 aliphatic rings. The number of phenolic OH excluding ortho intramolecular Hbond substituents is 1. The lowest BCUT2D eigenvalue weighted by Gasteiger charge is -2.34. The molecule has 0 saturated carbocycles. The van der Waals surface area contributed by atoms with Crippen molar-refractivity contribution in [3.8, 4) is 11.8 Å². The lowest BCUT2D eigenvalue weighted by Crippen LogP contribution is -2.50. The Morgan fingerprint density at radius 3 is 2.50 bits per heavy atom. The molecule has 0 spiro atoms. The molecule has 2 rings (SSSR count). The predicted octanol–water partition coefficient (Wildman–Crippen LogP) is 0.339. The van der Waals surface area contributed by atoms with E-state index in [2.05, 4.69) is 4.90 Å². The summed E-state index contributed by atoms with van der Waals surface area (Å²) >= 11 is 0. The van der Waals surface area contributed by atoms with Crippen molar-refractivity contribution >= 4 is 11.6 Å². The van der Waals surface area contributed by atoms with E-state index in [1.807, 2.05) is 6.07 Å². The molecule has 0 unspecified atom stereocenters. The van der Waals surface area contributed by atoms with Gasteiger partial charge in [-0.15, -0.1) is 0 Å². The summed E-state index contributed by atoms with van der Waals surface area (Å²) in [6, 6.07) is 8.55. The molecule has 1 amide bonds. The fourth-order valence-electron chi connectivity index (χ4n) is 2.62. The molecule has 7 heteroatoms. The van der Waals surface area contributed by atoms with Crippen molar-refractivity contribution in [1.82, 2.24) is 9.80 Å². The number of rotatable bonds is 5. The van der Waals surface area contributed by atoms with Crippen molar-refractivity contribution in [3.63, 3.8) is 0 Å². The molecule has 1 aromatic rings. The van der Waals surface area contributed by atoms with Crippen LogP contribution in [0.4, 0.5) is 5.69 Å². The van der Waals surface area contributed by atoms with E-state index in [1.165, 1.54) is 6.20 Å². The average Bonchev–Trinajstić information content (AvgIpc) is 2.60. The zero-order valence-corrected chi connectivity index (χ0v) is 13.9. The summed E-state index contributed by atoms with van der Waals surface area (Å²) in [4.78, 5) is 18.1. The van der Waals surface area contributed by atoms with Crippen LogP contribution in [0.3, 0.4) is 0 Å². The first-order chi connectivity index (χ1) is 11.5. The lowest BCUT2D eigenvalue weighted by molar-refractivity contribution is -0.128. The SMILES string of the molecule is CN(/C=C(/C#N)C(=O)N1CCN(CCN)CC1)c1ccc(O)cc1. The Hall–Kier alpha value is -2.56. The van der Waals surface area contributed by atoms with Gasteiger partial charge in [0.2, 0.25) is 0 Å². The van der Waals surface area contributed by atoms with Crippen LogP contribution in [0.25, 0.3) is 0 Å². The summed E-state index contributed by atoms with van der Waals surface area (Å²) < 4.78 is 0. The smallest absolute Gasteiger partial charge is 0.266 e. The van der Waals surface area contributed by atoms with E-state index in [-0.39, 0.29) is 17.2 Å². The van der Waals surface area contributed by atoms with Gasteiger partial charge in [-0.1, -0.05) is 0 Å². The summed E-state index contributed by atoms with van der Waals surface area (Å²) in [5.41, 5.74) is 6.42. The third kappa shape index (κ3) is 4.47. The van der Waals surface area contributed by atoms with Crippen molar-refractivity contribution in [1.29, 1.82) is 5.26 Å². The van der Waals surface area contributed by atoms with E-state index in [0.717, 1.165) is 25.3 Å². The molecule has 1 aliphatic heterocycles. The summed E-state index contributed by atoms with van der Waals surface area (Å²) in [7, 11) is 1.76. The van der Waals surface area contributed by atoms with Crippen molar-refractivity contribution in [3.05, 3.63) is 36.0 Å². The Morgan fingerprint density at radius 2 is 1.96 bits per heavy atom. The summed E-state index contributed by atoms with van der Waals surface area (Å²) in [5, 5.41) is 18.7. The zero-order chi connectivity index (χ0) is 17.5. The van der Waals surface area contributed by atoms with Crippen molar-refractivity contribution < 1.29 is 9.90 Å². The monoisotopic (exact) mass is 329 g/mol. The molecule has 24 heavy (non-hydrogen) atoms. The molecule has 0 radical (unpaired) electrons. The van der Waals surface area contributed by atoms with Crippen LogP contribution in [0.2, 0.25) is 0 Å². The molecule has 0 aliphatic carbocycles. The Bertz CT molecular complexity index is 627. The number of nitrogens with two attached hydrogens (primary N) is 1. The van der Waals surface area contributed by atoms with E-state index in [0.29, 0.717) is 19.6 Å². The second-order valence-corrected chi connectivity index (χ2v) is 5.70. The number of hydrogen-bond donors (Lipinski definition) is 2. The number of anilines is 1. The number of amides is 1. The maximum atomic E-state index is 12.5. The number of carbonyl (C=O) groups is 1. The molecule has 1 heterocycles. The van der Waals surface area contributed by atoms with E-state index < -0.39 is 0 Å². The Balaban J connectivity index is 2.03. The highest BCUT2D eigenvalue weighted by Gasteiger charge is 2.23. The van der Waals surface area contributed by atoms with Crippen LogP contribution in [0, 0.1) is 11.3 Å². The van der Waals surface area contributed by atoms with Crippen LogP contribution in [-0.4, -0.2) is 67.1 Å². The van der Waals surface area contributed by atoms with Gasteiger partial charge in [0.15, 0.2) is 0 Å². The van der Waals surface area contributed by atoms with Gasteiger partial charge in [0.25, 0.3) is 5.91 Å². The molecular formula is C17H23N5O2. The molecule has 0 aromatic heterocycles. The number of aromatic hydroxyl groups is 1. The van der Waals surface area contributed by atoms with E-state index in [1.54, 1.807) is 41.1 Å². The quantitative estimate of drug-likeness (QED) is 0.597. The number of nitrogens with zero attached hydrogens (tertiary/aromatic N) is 4. The first kappa shape index (κ1) is 17.8. The van der Waals surface area contributed by atoms with Gasteiger partial charge in [0.05, 0.1) is 0 Å². The van der Waals surface area contributed by atoms with Crippen LogP contribution in [0.5, 0.6) is 5.75 Å². The first-order valence-electron chi connectivity index (χ1n) is 7.90. The summed E-state index contributed by atoms with van der Waals surface area (Å²) in [5.74, 6) is -0.0846. The second kappa shape index (κ2) is 8.34. The Kier molecular flexibility index (Phi) is 6.18. The normalized spacial score (nSPS) is 15.9. The minimum Gasteiger partial charge on any atom is -0.508 e. The number of nitriles is 1. The van der Waals surface area contributed by atoms with Crippen LogP contribution < -0.4 is 10.6 Å². The maximum Gasteiger partial charge on any atom is 0.266 e. The molecule has 0 bridgehead atoms. The molecule has 1 aromatic carbocycles. The second-order valence-electron chi connectivity index (χ2n) is 5.70. The van der Waals surface area contributed by atoms with Crippen molar-refractivity contribution in [2.75, 3.05) is 51.2 Å². The third-order valence-electron chi connectivity index (χ3n) is 4.04. The highest BCUT2D eigenvalue weighted by atomic mass is 16.3. The Labute approximate surface area is 142 Å². The number of benzene rings is 1. The van der Waals surface area contributed by atoms with Crippen LogP contribution in [0.1, 0.15) is 0 Å². The van der Waals surface area contributed by atoms with Gasteiger partial charge in [-0.05, 0) is 24.3 Å². The van der Waals surface area contributed by atoms with E-state index in [4.69, 9.17) is 5.73 Å². The molecule has 0 atom stereocenters. The third-order valence-corrected chi connectivity index (χ3v) is 4.04. The van der Waals surface area contributed by atoms with Gasteiger partial charge in [-0.2, -0.15) is 5.26 Å². The number of phenols is 1. The minimum atomic E-state index is -0.254. The molecule has 7 nitrogen and oxygen atoms in total. The molecule has 128 valence electrons. The van der Waals surface area contributed by atoms with Gasteiger partial charge in [0.1, 0.15) is 17.4 Å². The van der Waals surface area contributed by atoms with Crippen LogP contribution >= 0.6 is 0 Å². The minimum absolute atomic E-state index is 0.0952. The zero-order valence-electron chi connectivity index (χ0n) is 13.9. The molecule has 1 fully saturated rings. The lowest BCUT2D eigenvalue weighted by atomic mass is 10.2. The topological polar surface area (TPSA) is 96.8 Å². The van der Waals surface area contributed by atoms with Gasteiger partial charge in [-0.3, -0.25) is 9.69 Å². The first-order valence-corrected chi connectivity index (χ1v) is 7.90. The van der Waals surface area contributed by atoms with Gasteiger partial charge in [-0.25, -0.2) is 0 Å². The van der Waals surface area contributed by atoms with Gasteiger partial charge in [0, 0.05) is 58.2 Å². The van der Waals surface area contributed by atoms with Crippen molar-refractivity contribution in [2.24, 2.45) is 5.73 Å². The number of piperazine rings is 1. The molecule has 1 saturated heterocycles. The predicted molar refractivity (Wildman–Crippen MR) is 92.3 cm³/mol. The van der Waals surface area contributed by atoms with E-state index >= 15 is 0 Å². The van der Waals surface area contributed by atoms with Crippen LogP contribution in [-0.2, 0) is 4.79 Å². The van der Waals surface area contributed by atoms with Gasteiger partial charge < -0.3 is 20.6 Å². The fourth-order valence-corrected chi connectivity index (χ4v) is 2.62. The largest absolute Gasteiger partial charge is 0.508 e. The molecular weight excluding hydrogens is 306 g/mol. The summed E-state index contributed by atoms with van der Waals surface area (Å²) in [6.07, 6.45) is 1.53. The van der Waals surface area contributed by atoms with Crippen molar-refractivity contribution in [2.45, 2.75) is 0 Å². The fraction of sp³-hybridized carbons (Fsp3) is 0.412. The van der Waals surface area contributed by atoms with E-state index in [9.17, 15) is 15.2 Å². The highest BCUT2D eigenvalue weighted by Crippen LogP contribution is 2.18. The number of carbonyl (C=O) groups excluding carboxylic acids is 1. The maximum absolute atomic E-state index is 12.5. The summed E-state index contributed by atoms with van der Waals surface area (Å²) in [6.45, 7) is 4.17. The molecule has 3 N–H and O–H groups in total. The number of hydrogen-bond acceptors (Lipinski definition) is 6. The van der Waals surface area contributed by atoms with Gasteiger partial charge >= 0.3 is 0 Å². The van der Waals surface area contributed by atoms with Crippen LogP contribution in [0.15, 0.2) is 36.0 Å². The highest BCUT2D eigenvalue weighted by molar-refractivity contribution is 5.97.